The summed E-state index contributed by atoms with van der Waals surface area (Å²) in [7, 11) is 0. The van der Waals surface area contributed by atoms with Crippen molar-refractivity contribution in [2.45, 2.75) is 33.0 Å². The van der Waals surface area contributed by atoms with Crippen LogP contribution in [0.5, 0.6) is 0 Å². The number of carbonyl (C=O) groups is 2. The van der Waals surface area contributed by atoms with Crippen molar-refractivity contribution >= 4 is 11.9 Å². The predicted molar refractivity (Wildman–Crippen MR) is 92.3 cm³/mol. The molecule has 0 aliphatic carbocycles. The van der Waals surface area contributed by atoms with Crippen LogP contribution in [0.25, 0.3) is 0 Å². The molecule has 0 unspecified atom stereocenters. The number of halogens is 1. The topological polar surface area (TPSA) is 69.6 Å². The van der Waals surface area contributed by atoms with Gasteiger partial charge in [-0.15, -0.1) is 0 Å². The van der Waals surface area contributed by atoms with Gasteiger partial charge in [0.15, 0.2) is 0 Å². The average molecular weight is 360 g/mol. The van der Waals surface area contributed by atoms with Crippen LogP contribution in [0.4, 0.5) is 4.39 Å². The molecule has 6 nitrogen and oxygen atoms in total. The summed E-state index contributed by atoms with van der Waals surface area (Å²) in [4.78, 5) is 24.9. The Hall–Kier alpha value is -2.67. The van der Waals surface area contributed by atoms with E-state index >= 15 is 0 Å². The van der Waals surface area contributed by atoms with E-state index in [2.05, 4.69) is 5.32 Å². The minimum absolute atomic E-state index is 0.257. The number of aromatic nitrogens is 1. The number of nitrogens with zero attached hydrogens (tertiary/aromatic N) is 1. The van der Waals surface area contributed by atoms with Gasteiger partial charge in [0.2, 0.25) is 0 Å². The van der Waals surface area contributed by atoms with Crippen molar-refractivity contribution in [2.75, 3.05) is 13.2 Å². The standard InChI is InChI=1S/C19H21FN2O4/c1-3-26-19(24)15-10-16(22-8-9-25-11-17(15)22)18(23)21-12(2)13-4-6-14(20)7-5-13/h4-7,10,12H,3,8-9,11H2,1-2H3,(H,21,23)/t12-/m1/s1. The van der Waals surface area contributed by atoms with Crippen molar-refractivity contribution in [2.24, 2.45) is 0 Å². The fraction of sp³-hybridized carbons (Fsp3) is 0.368. The first-order valence-corrected chi connectivity index (χ1v) is 8.54. The van der Waals surface area contributed by atoms with Crippen molar-refractivity contribution in [1.82, 2.24) is 9.88 Å². The zero-order chi connectivity index (χ0) is 18.7. The van der Waals surface area contributed by atoms with E-state index in [1.807, 2.05) is 6.92 Å². The lowest BCUT2D eigenvalue weighted by atomic mass is 10.1. The molecule has 1 aliphatic heterocycles. The highest BCUT2D eigenvalue weighted by Crippen LogP contribution is 2.23. The van der Waals surface area contributed by atoms with E-state index in [1.54, 1.807) is 29.7 Å². The molecule has 0 radical (unpaired) electrons. The molecule has 0 saturated heterocycles. The molecule has 0 saturated carbocycles. The summed E-state index contributed by atoms with van der Waals surface area (Å²) in [6.45, 7) is 5.03. The number of hydrogen-bond donors (Lipinski definition) is 1. The third-order valence-electron chi connectivity index (χ3n) is 4.35. The second-order valence-electron chi connectivity index (χ2n) is 6.06. The van der Waals surface area contributed by atoms with Gasteiger partial charge in [-0.1, -0.05) is 12.1 Å². The Bertz CT molecular complexity index is 814. The summed E-state index contributed by atoms with van der Waals surface area (Å²) in [6.07, 6.45) is 0. The maximum Gasteiger partial charge on any atom is 0.340 e. The molecule has 1 atom stereocenters. The van der Waals surface area contributed by atoms with Crippen LogP contribution in [0.2, 0.25) is 0 Å². The van der Waals surface area contributed by atoms with Gasteiger partial charge in [0.1, 0.15) is 11.5 Å². The van der Waals surface area contributed by atoms with E-state index in [1.165, 1.54) is 12.1 Å². The molecule has 1 N–H and O–H groups in total. The van der Waals surface area contributed by atoms with E-state index in [0.29, 0.717) is 30.1 Å². The molecule has 0 bridgehead atoms. The van der Waals surface area contributed by atoms with Crippen LogP contribution >= 0.6 is 0 Å². The quantitative estimate of drug-likeness (QED) is 0.833. The van der Waals surface area contributed by atoms with Crippen LogP contribution in [0.1, 0.15) is 52.0 Å². The maximum absolute atomic E-state index is 13.1. The molecule has 26 heavy (non-hydrogen) atoms. The predicted octanol–water partition coefficient (Wildman–Crippen LogP) is 2.83. The summed E-state index contributed by atoms with van der Waals surface area (Å²) in [5.74, 6) is -1.10. The van der Waals surface area contributed by atoms with Crippen LogP contribution in [0.15, 0.2) is 30.3 Å². The highest BCUT2D eigenvalue weighted by atomic mass is 19.1. The Labute approximate surface area is 150 Å². The minimum Gasteiger partial charge on any atom is -0.462 e. The van der Waals surface area contributed by atoms with Gasteiger partial charge in [0.05, 0.1) is 37.1 Å². The summed E-state index contributed by atoms with van der Waals surface area (Å²) < 4.78 is 25.4. The van der Waals surface area contributed by atoms with Gasteiger partial charge >= 0.3 is 5.97 Å². The molecule has 7 heteroatoms. The second-order valence-corrected chi connectivity index (χ2v) is 6.06. The second kappa shape index (κ2) is 7.70. The number of ether oxygens (including phenoxy) is 2. The van der Waals surface area contributed by atoms with Crippen molar-refractivity contribution < 1.29 is 23.5 Å². The number of hydrogen-bond acceptors (Lipinski definition) is 4. The van der Waals surface area contributed by atoms with E-state index in [-0.39, 0.29) is 31.0 Å². The first-order valence-electron chi connectivity index (χ1n) is 8.54. The first-order chi connectivity index (χ1) is 12.5. The number of benzene rings is 1. The molecule has 0 spiro atoms. The van der Waals surface area contributed by atoms with Crippen LogP contribution in [-0.2, 0) is 22.6 Å². The van der Waals surface area contributed by atoms with E-state index in [9.17, 15) is 14.0 Å². The lowest BCUT2D eigenvalue weighted by molar-refractivity contribution is 0.0504. The van der Waals surface area contributed by atoms with Crippen LogP contribution in [-0.4, -0.2) is 29.7 Å². The Morgan fingerprint density at radius 3 is 2.77 bits per heavy atom. The number of rotatable bonds is 5. The number of nitrogens with one attached hydrogen (secondary N) is 1. The Morgan fingerprint density at radius 2 is 2.08 bits per heavy atom. The van der Waals surface area contributed by atoms with Gasteiger partial charge < -0.3 is 19.4 Å². The molecular weight excluding hydrogens is 339 g/mol. The van der Waals surface area contributed by atoms with E-state index in [4.69, 9.17) is 9.47 Å². The molecule has 1 aromatic carbocycles. The van der Waals surface area contributed by atoms with Gasteiger partial charge in [-0.2, -0.15) is 0 Å². The van der Waals surface area contributed by atoms with Crippen LogP contribution in [0.3, 0.4) is 0 Å². The average Bonchev–Trinajstić information content (AvgIpc) is 3.02. The lowest BCUT2D eigenvalue weighted by Gasteiger charge is -2.20. The SMILES string of the molecule is CCOC(=O)c1cc(C(=O)N[C@H](C)c2ccc(F)cc2)n2c1COCC2. The summed E-state index contributed by atoms with van der Waals surface area (Å²) in [6, 6.07) is 7.22. The summed E-state index contributed by atoms with van der Waals surface area (Å²) in [5, 5.41) is 2.89. The molecule has 1 amide bonds. The van der Waals surface area contributed by atoms with Crippen molar-refractivity contribution in [1.29, 1.82) is 0 Å². The highest BCUT2D eigenvalue weighted by Gasteiger charge is 2.27. The third kappa shape index (κ3) is 3.62. The molecule has 1 aliphatic rings. The molecule has 1 aromatic heterocycles. The molecule has 0 fully saturated rings. The van der Waals surface area contributed by atoms with Crippen molar-refractivity contribution in [3.63, 3.8) is 0 Å². The Balaban J connectivity index is 1.84. The first kappa shape index (κ1) is 18.1. The minimum atomic E-state index is -0.465. The maximum atomic E-state index is 13.1. The third-order valence-corrected chi connectivity index (χ3v) is 4.35. The number of esters is 1. The molecule has 2 heterocycles. The fourth-order valence-electron chi connectivity index (χ4n) is 3.00. The largest absolute Gasteiger partial charge is 0.462 e. The van der Waals surface area contributed by atoms with Crippen molar-refractivity contribution in [3.05, 3.63) is 58.7 Å². The molecule has 138 valence electrons. The van der Waals surface area contributed by atoms with Crippen LogP contribution in [0, 0.1) is 5.82 Å². The summed E-state index contributed by atoms with van der Waals surface area (Å²) >= 11 is 0. The number of carbonyl (C=O) groups excluding carboxylic acids is 2. The van der Waals surface area contributed by atoms with Gasteiger partial charge in [0.25, 0.3) is 5.91 Å². The zero-order valence-electron chi connectivity index (χ0n) is 14.8. The van der Waals surface area contributed by atoms with Gasteiger partial charge in [0, 0.05) is 6.54 Å². The molecule has 3 rings (SSSR count). The fourth-order valence-corrected chi connectivity index (χ4v) is 3.00. The Kier molecular flexibility index (Phi) is 5.37. The Morgan fingerprint density at radius 1 is 1.35 bits per heavy atom. The smallest absolute Gasteiger partial charge is 0.340 e. The summed E-state index contributed by atoms with van der Waals surface area (Å²) in [5.41, 5.74) is 2.18. The van der Waals surface area contributed by atoms with Gasteiger partial charge in [-0.25, -0.2) is 9.18 Å². The lowest BCUT2D eigenvalue weighted by Crippen LogP contribution is -2.30. The monoisotopic (exact) mass is 360 g/mol. The zero-order valence-corrected chi connectivity index (χ0v) is 14.8. The van der Waals surface area contributed by atoms with E-state index in [0.717, 1.165) is 5.56 Å². The highest BCUT2D eigenvalue weighted by molar-refractivity contribution is 5.98. The van der Waals surface area contributed by atoms with Crippen LogP contribution < -0.4 is 5.32 Å². The number of fused-ring (bicyclic) bond motifs is 1. The molecular formula is C19H21FN2O4. The van der Waals surface area contributed by atoms with Gasteiger partial charge in [-0.3, -0.25) is 4.79 Å². The number of amides is 1. The van der Waals surface area contributed by atoms with Gasteiger partial charge in [-0.05, 0) is 37.6 Å². The van der Waals surface area contributed by atoms with Crippen molar-refractivity contribution in [3.8, 4) is 0 Å². The normalized spacial score (nSPS) is 14.4. The van der Waals surface area contributed by atoms with E-state index < -0.39 is 5.97 Å². The molecule has 2 aromatic rings.